The third-order valence-electron chi connectivity index (χ3n) is 1.56. The Morgan fingerprint density at radius 2 is 1.83 bits per heavy atom. The summed E-state index contributed by atoms with van der Waals surface area (Å²) in [5, 5.41) is 3.19. The molecule has 0 unspecified atom stereocenters. The van der Waals surface area contributed by atoms with Crippen LogP contribution < -0.4 is 5.32 Å². The van der Waals surface area contributed by atoms with Gasteiger partial charge in [-0.05, 0) is 26.5 Å². The standard InChI is InChI=1S/C9H15N3/c1-4-10-6-9-11-7(2)5-8(3)12-9/h5,10H,4,6H2,1-3H3. The first-order valence-electron chi connectivity index (χ1n) is 4.24. The minimum absolute atomic E-state index is 0.763. The van der Waals surface area contributed by atoms with Crippen molar-refractivity contribution < 1.29 is 0 Å². The first kappa shape index (κ1) is 9.13. The van der Waals surface area contributed by atoms with E-state index in [1.54, 1.807) is 0 Å². The molecule has 1 rings (SSSR count). The van der Waals surface area contributed by atoms with Crippen molar-refractivity contribution in [1.29, 1.82) is 0 Å². The first-order valence-corrected chi connectivity index (χ1v) is 4.24. The number of nitrogens with one attached hydrogen (secondary N) is 1. The van der Waals surface area contributed by atoms with E-state index in [4.69, 9.17) is 0 Å². The third-order valence-corrected chi connectivity index (χ3v) is 1.56. The van der Waals surface area contributed by atoms with E-state index in [0.29, 0.717) is 0 Å². The van der Waals surface area contributed by atoms with Crippen molar-refractivity contribution >= 4 is 0 Å². The van der Waals surface area contributed by atoms with Gasteiger partial charge in [-0.1, -0.05) is 6.92 Å². The zero-order valence-corrected chi connectivity index (χ0v) is 7.89. The minimum atomic E-state index is 0.763. The molecular weight excluding hydrogens is 150 g/mol. The molecule has 3 heteroatoms. The van der Waals surface area contributed by atoms with Crippen LogP contribution in [0.4, 0.5) is 0 Å². The van der Waals surface area contributed by atoms with E-state index < -0.39 is 0 Å². The lowest BCUT2D eigenvalue weighted by Gasteiger charge is -2.02. The average Bonchev–Trinajstić information content (AvgIpc) is 1.99. The van der Waals surface area contributed by atoms with Crippen molar-refractivity contribution in [3.05, 3.63) is 23.3 Å². The van der Waals surface area contributed by atoms with Gasteiger partial charge in [-0.3, -0.25) is 0 Å². The quantitative estimate of drug-likeness (QED) is 0.731. The molecule has 0 aliphatic heterocycles. The Kier molecular flexibility index (Phi) is 3.17. The van der Waals surface area contributed by atoms with Crippen LogP contribution in [0.25, 0.3) is 0 Å². The molecule has 0 saturated heterocycles. The molecular formula is C9H15N3. The summed E-state index contributed by atoms with van der Waals surface area (Å²) in [6, 6.07) is 1.98. The van der Waals surface area contributed by atoms with Gasteiger partial charge in [-0.25, -0.2) is 9.97 Å². The molecule has 1 aromatic heterocycles. The average molecular weight is 165 g/mol. The fourth-order valence-corrected chi connectivity index (χ4v) is 1.11. The molecule has 3 nitrogen and oxygen atoms in total. The molecule has 0 amide bonds. The van der Waals surface area contributed by atoms with E-state index in [2.05, 4.69) is 22.2 Å². The topological polar surface area (TPSA) is 37.8 Å². The predicted molar refractivity (Wildman–Crippen MR) is 48.9 cm³/mol. The third kappa shape index (κ3) is 2.58. The van der Waals surface area contributed by atoms with Crippen LogP contribution in [0.3, 0.4) is 0 Å². The molecule has 12 heavy (non-hydrogen) atoms. The second-order valence-electron chi connectivity index (χ2n) is 2.85. The molecule has 1 heterocycles. The summed E-state index contributed by atoms with van der Waals surface area (Å²) in [5.74, 6) is 0.884. The molecule has 0 bridgehead atoms. The van der Waals surface area contributed by atoms with E-state index in [9.17, 15) is 0 Å². The zero-order valence-electron chi connectivity index (χ0n) is 7.89. The first-order chi connectivity index (χ1) is 5.72. The molecule has 0 radical (unpaired) electrons. The highest BCUT2D eigenvalue weighted by molar-refractivity contribution is 5.08. The number of hydrogen-bond acceptors (Lipinski definition) is 3. The van der Waals surface area contributed by atoms with Crippen molar-refractivity contribution in [2.45, 2.75) is 27.3 Å². The Morgan fingerprint density at radius 1 is 1.25 bits per heavy atom. The van der Waals surface area contributed by atoms with Gasteiger partial charge in [-0.2, -0.15) is 0 Å². The van der Waals surface area contributed by atoms with Gasteiger partial charge in [0.05, 0.1) is 6.54 Å². The predicted octanol–water partition coefficient (Wildman–Crippen LogP) is 1.20. The van der Waals surface area contributed by atoms with Gasteiger partial charge in [0.15, 0.2) is 0 Å². The normalized spacial score (nSPS) is 10.2. The summed E-state index contributed by atoms with van der Waals surface area (Å²) in [6.07, 6.45) is 0. The lowest BCUT2D eigenvalue weighted by Crippen LogP contribution is -2.15. The van der Waals surface area contributed by atoms with Crippen molar-refractivity contribution in [1.82, 2.24) is 15.3 Å². The highest BCUT2D eigenvalue weighted by Crippen LogP contribution is 1.98. The van der Waals surface area contributed by atoms with Crippen LogP contribution in [-0.4, -0.2) is 16.5 Å². The Morgan fingerprint density at radius 3 is 2.33 bits per heavy atom. The highest BCUT2D eigenvalue weighted by atomic mass is 15.0. The van der Waals surface area contributed by atoms with Crippen LogP contribution >= 0.6 is 0 Å². The molecule has 0 aliphatic rings. The van der Waals surface area contributed by atoms with Gasteiger partial charge < -0.3 is 5.32 Å². The van der Waals surface area contributed by atoms with Gasteiger partial charge >= 0.3 is 0 Å². The summed E-state index contributed by atoms with van der Waals surface area (Å²) < 4.78 is 0. The molecule has 0 fully saturated rings. The largest absolute Gasteiger partial charge is 0.310 e. The Hall–Kier alpha value is -0.960. The van der Waals surface area contributed by atoms with Crippen LogP contribution in [0.15, 0.2) is 6.07 Å². The summed E-state index contributed by atoms with van der Waals surface area (Å²) >= 11 is 0. The Balaban J connectivity index is 2.72. The second kappa shape index (κ2) is 4.16. The van der Waals surface area contributed by atoms with E-state index in [0.717, 1.165) is 30.3 Å². The van der Waals surface area contributed by atoms with Gasteiger partial charge in [0.25, 0.3) is 0 Å². The van der Waals surface area contributed by atoms with Crippen molar-refractivity contribution in [2.75, 3.05) is 6.54 Å². The number of aromatic nitrogens is 2. The van der Waals surface area contributed by atoms with Gasteiger partial charge in [0.2, 0.25) is 0 Å². The maximum Gasteiger partial charge on any atom is 0.142 e. The summed E-state index contributed by atoms with van der Waals surface area (Å²) in [5.41, 5.74) is 2.07. The second-order valence-corrected chi connectivity index (χ2v) is 2.85. The van der Waals surface area contributed by atoms with Crippen molar-refractivity contribution in [2.24, 2.45) is 0 Å². The molecule has 66 valence electrons. The molecule has 0 aliphatic carbocycles. The van der Waals surface area contributed by atoms with Gasteiger partial charge in [0.1, 0.15) is 5.82 Å². The van der Waals surface area contributed by atoms with Crippen LogP contribution in [-0.2, 0) is 6.54 Å². The van der Waals surface area contributed by atoms with Gasteiger partial charge in [0, 0.05) is 11.4 Å². The SMILES string of the molecule is CCNCc1nc(C)cc(C)n1. The van der Waals surface area contributed by atoms with Crippen LogP contribution in [0.5, 0.6) is 0 Å². The number of hydrogen-bond donors (Lipinski definition) is 1. The molecule has 1 N–H and O–H groups in total. The van der Waals surface area contributed by atoms with E-state index >= 15 is 0 Å². The lowest BCUT2D eigenvalue weighted by atomic mass is 10.3. The molecule has 0 saturated carbocycles. The van der Waals surface area contributed by atoms with Gasteiger partial charge in [-0.15, -0.1) is 0 Å². The number of aryl methyl sites for hydroxylation is 2. The van der Waals surface area contributed by atoms with Crippen molar-refractivity contribution in [3.8, 4) is 0 Å². The number of nitrogens with zero attached hydrogens (tertiary/aromatic N) is 2. The fourth-order valence-electron chi connectivity index (χ4n) is 1.11. The maximum atomic E-state index is 4.30. The number of rotatable bonds is 3. The zero-order chi connectivity index (χ0) is 8.97. The summed E-state index contributed by atoms with van der Waals surface area (Å²) in [6.45, 7) is 7.77. The Labute approximate surface area is 73.2 Å². The fraction of sp³-hybridized carbons (Fsp3) is 0.556. The molecule has 0 aromatic carbocycles. The highest BCUT2D eigenvalue weighted by Gasteiger charge is 1.97. The van der Waals surface area contributed by atoms with E-state index in [-0.39, 0.29) is 0 Å². The summed E-state index contributed by atoms with van der Waals surface area (Å²) in [4.78, 5) is 8.60. The minimum Gasteiger partial charge on any atom is -0.310 e. The smallest absolute Gasteiger partial charge is 0.142 e. The van der Waals surface area contributed by atoms with E-state index in [1.165, 1.54) is 0 Å². The van der Waals surface area contributed by atoms with Crippen molar-refractivity contribution in [3.63, 3.8) is 0 Å². The molecule has 1 aromatic rings. The monoisotopic (exact) mass is 165 g/mol. The van der Waals surface area contributed by atoms with Crippen LogP contribution in [0.2, 0.25) is 0 Å². The Bertz CT molecular complexity index is 238. The van der Waals surface area contributed by atoms with Crippen LogP contribution in [0, 0.1) is 13.8 Å². The molecule has 0 spiro atoms. The summed E-state index contributed by atoms with van der Waals surface area (Å²) in [7, 11) is 0. The van der Waals surface area contributed by atoms with E-state index in [1.807, 2.05) is 19.9 Å². The lowest BCUT2D eigenvalue weighted by molar-refractivity contribution is 0.684. The maximum absolute atomic E-state index is 4.30. The molecule has 0 atom stereocenters. The van der Waals surface area contributed by atoms with Crippen LogP contribution in [0.1, 0.15) is 24.1 Å².